The molecule has 178 valence electrons. The summed E-state index contributed by atoms with van der Waals surface area (Å²) >= 11 is 0. The highest BCUT2D eigenvalue weighted by Gasteiger charge is 2.48. The number of likely N-dealkylation sites (tertiary alicyclic amines) is 1. The standard InChI is InChI=1S/C29H29N3O3/c1-35-24-9-5-8-21(14-24)29-12-13-31(18-20-6-3-2-4-7-20)19-22(29)15-26-25-11-10-23(32(33)34)16-27(25)30-28(26)17-29/h2-11,14,16,22,30H,12-13,15,17-19H2,1H3. The average molecular weight is 468 g/mol. The van der Waals surface area contributed by atoms with Crippen molar-refractivity contribution in [2.45, 2.75) is 31.2 Å². The van der Waals surface area contributed by atoms with Gasteiger partial charge in [-0.05, 0) is 66.6 Å². The van der Waals surface area contributed by atoms with E-state index < -0.39 is 0 Å². The number of nitro benzene ring substituents is 1. The van der Waals surface area contributed by atoms with Crippen LogP contribution in [-0.4, -0.2) is 35.0 Å². The number of nitrogens with one attached hydrogen (secondary N) is 1. The fraction of sp³-hybridized carbons (Fsp3) is 0.310. The minimum atomic E-state index is -0.321. The molecular formula is C29H29N3O3. The van der Waals surface area contributed by atoms with E-state index in [9.17, 15) is 10.1 Å². The average Bonchev–Trinajstić information content (AvgIpc) is 3.24. The first-order chi connectivity index (χ1) is 17.1. The van der Waals surface area contributed by atoms with Crippen LogP contribution >= 0.6 is 0 Å². The summed E-state index contributed by atoms with van der Waals surface area (Å²) in [6.45, 7) is 3.01. The van der Waals surface area contributed by atoms with Gasteiger partial charge >= 0.3 is 0 Å². The van der Waals surface area contributed by atoms with E-state index in [1.807, 2.05) is 12.1 Å². The third kappa shape index (κ3) is 3.78. The maximum Gasteiger partial charge on any atom is 0.271 e. The highest BCUT2D eigenvalue weighted by atomic mass is 16.6. The van der Waals surface area contributed by atoms with Gasteiger partial charge in [0.2, 0.25) is 0 Å². The number of hydrogen-bond donors (Lipinski definition) is 1. The van der Waals surface area contributed by atoms with Crippen LogP contribution < -0.4 is 4.74 Å². The van der Waals surface area contributed by atoms with Crippen LogP contribution in [0.5, 0.6) is 5.75 Å². The van der Waals surface area contributed by atoms with Gasteiger partial charge in [0.25, 0.3) is 5.69 Å². The molecule has 6 nitrogen and oxygen atoms in total. The van der Waals surface area contributed by atoms with E-state index in [4.69, 9.17) is 4.74 Å². The number of hydrogen-bond acceptors (Lipinski definition) is 4. The van der Waals surface area contributed by atoms with Gasteiger partial charge in [-0.15, -0.1) is 0 Å². The zero-order valence-corrected chi connectivity index (χ0v) is 19.9. The summed E-state index contributed by atoms with van der Waals surface area (Å²) in [5.74, 6) is 1.33. The van der Waals surface area contributed by atoms with Gasteiger partial charge in [0, 0.05) is 41.7 Å². The molecule has 2 atom stereocenters. The molecule has 6 heteroatoms. The van der Waals surface area contributed by atoms with Crippen molar-refractivity contribution in [2.24, 2.45) is 5.92 Å². The van der Waals surface area contributed by atoms with Crippen molar-refractivity contribution in [3.05, 3.63) is 105 Å². The van der Waals surface area contributed by atoms with Gasteiger partial charge in [-0.2, -0.15) is 0 Å². The molecule has 2 heterocycles. The largest absolute Gasteiger partial charge is 0.497 e. The molecule has 1 saturated heterocycles. The van der Waals surface area contributed by atoms with Crippen molar-refractivity contribution < 1.29 is 9.66 Å². The van der Waals surface area contributed by atoms with Gasteiger partial charge in [-0.25, -0.2) is 0 Å². The van der Waals surface area contributed by atoms with Crippen molar-refractivity contribution in [1.29, 1.82) is 0 Å². The molecule has 2 unspecified atom stereocenters. The molecule has 0 amide bonds. The molecule has 0 saturated carbocycles. The van der Waals surface area contributed by atoms with Crippen LogP contribution in [-0.2, 0) is 24.8 Å². The minimum absolute atomic E-state index is 0.00153. The third-order valence-electron chi connectivity index (χ3n) is 8.16. The number of non-ortho nitro benzene ring substituents is 1. The van der Waals surface area contributed by atoms with Crippen LogP contribution in [0.3, 0.4) is 0 Å². The Morgan fingerprint density at radius 1 is 1.11 bits per heavy atom. The summed E-state index contributed by atoms with van der Waals surface area (Å²) in [7, 11) is 1.72. The zero-order chi connectivity index (χ0) is 24.0. The van der Waals surface area contributed by atoms with E-state index in [0.717, 1.165) is 55.5 Å². The smallest absolute Gasteiger partial charge is 0.271 e. The Kier molecular flexibility index (Phi) is 5.33. The van der Waals surface area contributed by atoms with Gasteiger partial charge in [0.15, 0.2) is 0 Å². The Labute approximate surface area is 204 Å². The van der Waals surface area contributed by atoms with Crippen LogP contribution in [0.1, 0.15) is 28.8 Å². The van der Waals surface area contributed by atoms with Gasteiger partial charge < -0.3 is 9.72 Å². The monoisotopic (exact) mass is 467 g/mol. The number of piperidine rings is 1. The molecule has 0 radical (unpaired) electrons. The molecule has 1 aliphatic carbocycles. The van der Waals surface area contributed by atoms with E-state index in [-0.39, 0.29) is 16.0 Å². The van der Waals surface area contributed by atoms with Crippen LogP contribution in [0.4, 0.5) is 5.69 Å². The number of aromatic amines is 1. The van der Waals surface area contributed by atoms with Crippen LogP contribution in [0.25, 0.3) is 10.9 Å². The van der Waals surface area contributed by atoms with Gasteiger partial charge in [-0.1, -0.05) is 42.5 Å². The number of H-pyrrole nitrogens is 1. The summed E-state index contributed by atoms with van der Waals surface area (Å²) in [5, 5.41) is 12.5. The van der Waals surface area contributed by atoms with Gasteiger partial charge in [0.1, 0.15) is 5.75 Å². The predicted octanol–water partition coefficient (Wildman–Crippen LogP) is 5.64. The fourth-order valence-electron chi connectivity index (χ4n) is 6.39. The van der Waals surface area contributed by atoms with Crippen molar-refractivity contribution >= 4 is 16.6 Å². The molecule has 1 fully saturated rings. The Hall–Kier alpha value is -3.64. The minimum Gasteiger partial charge on any atom is -0.497 e. The molecule has 1 aliphatic heterocycles. The van der Waals surface area contributed by atoms with Crippen molar-refractivity contribution in [1.82, 2.24) is 9.88 Å². The molecule has 1 aromatic heterocycles. The first-order valence-electron chi connectivity index (χ1n) is 12.2. The second kappa shape index (κ2) is 8.54. The number of benzene rings is 3. The van der Waals surface area contributed by atoms with Crippen LogP contribution in [0.2, 0.25) is 0 Å². The SMILES string of the molecule is COc1cccc(C23CCN(Cc4ccccc4)CC2Cc2c([nH]c4cc([N+](=O)[O-])ccc24)C3)c1. The summed E-state index contributed by atoms with van der Waals surface area (Å²) in [6, 6.07) is 24.5. The molecule has 6 rings (SSSR count). The second-order valence-electron chi connectivity index (χ2n) is 10.0. The maximum atomic E-state index is 11.3. The van der Waals surface area contributed by atoms with Crippen molar-refractivity contribution in [3.8, 4) is 5.75 Å². The first kappa shape index (κ1) is 21.9. The predicted molar refractivity (Wildman–Crippen MR) is 137 cm³/mol. The van der Waals surface area contributed by atoms with E-state index in [1.165, 1.54) is 22.4 Å². The van der Waals surface area contributed by atoms with Gasteiger partial charge in [0.05, 0.1) is 17.5 Å². The third-order valence-corrected chi connectivity index (χ3v) is 8.16. The zero-order valence-electron chi connectivity index (χ0n) is 19.9. The Morgan fingerprint density at radius 2 is 1.97 bits per heavy atom. The number of nitrogens with zero attached hydrogens (tertiary/aromatic N) is 2. The second-order valence-corrected chi connectivity index (χ2v) is 10.0. The van der Waals surface area contributed by atoms with Crippen LogP contribution in [0.15, 0.2) is 72.8 Å². The van der Waals surface area contributed by atoms with E-state index in [2.05, 4.69) is 58.4 Å². The Balaban J connectivity index is 1.41. The quantitative estimate of drug-likeness (QED) is 0.304. The number of nitro groups is 1. The number of fused-ring (bicyclic) bond motifs is 4. The summed E-state index contributed by atoms with van der Waals surface area (Å²) in [6.07, 6.45) is 2.92. The van der Waals surface area contributed by atoms with Gasteiger partial charge in [-0.3, -0.25) is 15.0 Å². The fourth-order valence-corrected chi connectivity index (χ4v) is 6.39. The van der Waals surface area contributed by atoms with Crippen molar-refractivity contribution in [3.63, 3.8) is 0 Å². The molecule has 35 heavy (non-hydrogen) atoms. The number of ether oxygens (including phenoxy) is 1. The molecule has 0 bridgehead atoms. The van der Waals surface area contributed by atoms with Crippen molar-refractivity contribution in [2.75, 3.05) is 20.2 Å². The summed E-state index contributed by atoms with van der Waals surface area (Å²) < 4.78 is 5.59. The lowest BCUT2D eigenvalue weighted by Crippen LogP contribution is -2.53. The van der Waals surface area contributed by atoms with Crippen LogP contribution in [0, 0.1) is 16.0 Å². The lowest BCUT2D eigenvalue weighted by molar-refractivity contribution is -0.384. The molecule has 2 aliphatic rings. The molecular weight excluding hydrogens is 438 g/mol. The normalized spacial score (nSPS) is 21.9. The lowest BCUT2D eigenvalue weighted by atomic mass is 9.58. The molecule has 4 aromatic rings. The summed E-state index contributed by atoms with van der Waals surface area (Å²) in [5.41, 5.74) is 6.21. The highest BCUT2D eigenvalue weighted by Crippen LogP contribution is 2.50. The van der Waals surface area contributed by atoms with E-state index >= 15 is 0 Å². The molecule has 3 aromatic carbocycles. The molecule has 1 N–H and O–H groups in total. The van der Waals surface area contributed by atoms with E-state index in [1.54, 1.807) is 19.2 Å². The Morgan fingerprint density at radius 3 is 2.77 bits per heavy atom. The Bertz CT molecular complexity index is 1400. The number of rotatable bonds is 5. The maximum absolute atomic E-state index is 11.3. The first-order valence-corrected chi connectivity index (χ1v) is 12.2. The lowest BCUT2D eigenvalue weighted by Gasteiger charge is -2.51. The number of aromatic nitrogens is 1. The molecule has 0 spiro atoms. The number of methoxy groups -OCH3 is 1. The summed E-state index contributed by atoms with van der Waals surface area (Å²) in [4.78, 5) is 17.2. The topological polar surface area (TPSA) is 71.4 Å². The highest BCUT2D eigenvalue weighted by molar-refractivity contribution is 5.87. The van der Waals surface area contributed by atoms with E-state index in [0.29, 0.717) is 5.92 Å².